The molecule has 0 aromatic heterocycles. The van der Waals surface area contributed by atoms with Gasteiger partial charge in [0.25, 0.3) is 0 Å². The third-order valence-electron chi connectivity index (χ3n) is 2.20. The molecule has 0 saturated carbocycles. The second-order valence-electron chi connectivity index (χ2n) is 3.15. The first-order valence-corrected chi connectivity index (χ1v) is 5.14. The maximum atomic E-state index is 7.70. The van der Waals surface area contributed by atoms with Crippen molar-refractivity contribution < 1.29 is 0 Å². The minimum Gasteiger partial charge on any atom is -0.397 e. The van der Waals surface area contributed by atoms with Gasteiger partial charge in [-0.05, 0) is 25.0 Å². The molecule has 0 radical (unpaired) electrons. The highest BCUT2D eigenvalue weighted by Crippen LogP contribution is 2.14. The molecule has 1 aromatic rings. The van der Waals surface area contributed by atoms with E-state index in [4.69, 9.17) is 11.1 Å². The predicted molar refractivity (Wildman–Crippen MR) is 67.4 cm³/mol. The van der Waals surface area contributed by atoms with Crippen molar-refractivity contribution in [3.63, 3.8) is 0 Å². The van der Waals surface area contributed by atoms with E-state index in [-0.39, 0.29) is 0 Å². The zero-order chi connectivity index (χ0) is 12.0. The lowest BCUT2D eigenvalue weighted by Gasteiger charge is -2.08. The highest BCUT2D eigenvalue weighted by atomic mass is 14.6. The van der Waals surface area contributed by atoms with Crippen molar-refractivity contribution in [1.82, 2.24) is 0 Å². The molecule has 15 heavy (non-hydrogen) atoms. The summed E-state index contributed by atoms with van der Waals surface area (Å²) >= 11 is 0. The highest BCUT2D eigenvalue weighted by molar-refractivity contribution is 6.10. The minimum absolute atomic E-state index is 0.314. The van der Waals surface area contributed by atoms with Gasteiger partial charge in [-0.15, -0.1) is 0 Å². The maximum absolute atomic E-state index is 7.70. The van der Waals surface area contributed by atoms with Gasteiger partial charge in [0.2, 0.25) is 0 Å². The second kappa shape index (κ2) is 6.02. The summed E-state index contributed by atoms with van der Waals surface area (Å²) in [6.45, 7) is 11.6. The molecular formula is C13H20N2. The fraction of sp³-hybridized carbons (Fsp3) is 0.308. The number of rotatable bonds is 2. The van der Waals surface area contributed by atoms with Gasteiger partial charge >= 0.3 is 0 Å². The van der Waals surface area contributed by atoms with E-state index in [9.17, 15) is 0 Å². The van der Waals surface area contributed by atoms with Crippen LogP contribution in [0.4, 0.5) is 0 Å². The number of nitrogens with one attached hydrogen (secondary N) is 1. The normalized spacial score (nSPS) is 8.80. The summed E-state index contributed by atoms with van der Waals surface area (Å²) in [6.07, 6.45) is 0. The van der Waals surface area contributed by atoms with Crippen LogP contribution in [0, 0.1) is 19.3 Å². The molecule has 82 valence electrons. The van der Waals surface area contributed by atoms with E-state index in [0.29, 0.717) is 11.4 Å². The first kappa shape index (κ1) is 13.4. The lowest BCUT2D eigenvalue weighted by molar-refractivity contribution is 1.30. The van der Waals surface area contributed by atoms with Crippen LogP contribution in [0.25, 0.3) is 0 Å². The molecule has 0 amide bonds. The van der Waals surface area contributed by atoms with Crippen molar-refractivity contribution in [2.75, 3.05) is 0 Å². The highest BCUT2D eigenvalue weighted by Gasteiger charge is 2.06. The SMILES string of the molecule is C=C(N)C(=N)c1cccc(C)c1C.CC. The molecule has 0 heterocycles. The van der Waals surface area contributed by atoms with Crippen LogP contribution in [0.15, 0.2) is 30.5 Å². The van der Waals surface area contributed by atoms with E-state index >= 15 is 0 Å². The van der Waals surface area contributed by atoms with Crippen molar-refractivity contribution >= 4 is 5.71 Å². The van der Waals surface area contributed by atoms with Crippen molar-refractivity contribution in [3.05, 3.63) is 47.2 Å². The molecule has 0 aliphatic rings. The number of hydrogen-bond acceptors (Lipinski definition) is 2. The van der Waals surface area contributed by atoms with Gasteiger partial charge in [0.05, 0.1) is 11.4 Å². The molecule has 1 aromatic carbocycles. The molecule has 1 rings (SSSR count). The number of hydrogen-bond donors (Lipinski definition) is 2. The first-order valence-electron chi connectivity index (χ1n) is 5.14. The van der Waals surface area contributed by atoms with Gasteiger partial charge in [-0.2, -0.15) is 0 Å². The summed E-state index contributed by atoms with van der Waals surface area (Å²) in [6, 6.07) is 5.84. The van der Waals surface area contributed by atoms with Crippen LogP contribution in [-0.4, -0.2) is 5.71 Å². The number of allylic oxidation sites excluding steroid dienone is 1. The number of aryl methyl sites for hydroxylation is 1. The van der Waals surface area contributed by atoms with Crippen LogP contribution in [0.3, 0.4) is 0 Å². The van der Waals surface area contributed by atoms with Crippen LogP contribution in [-0.2, 0) is 0 Å². The van der Waals surface area contributed by atoms with Crippen molar-refractivity contribution in [2.24, 2.45) is 5.73 Å². The van der Waals surface area contributed by atoms with E-state index in [2.05, 4.69) is 6.58 Å². The Labute approximate surface area is 92.3 Å². The largest absolute Gasteiger partial charge is 0.397 e. The molecule has 0 atom stereocenters. The maximum Gasteiger partial charge on any atom is 0.0838 e. The average Bonchev–Trinajstić information content (AvgIpc) is 2.24. The summed E-state index contributed by atoms with van der Waals surface area (Å²) in [4.78, 5) is 0. The molecule has 0 fully saturated rings. The van der Waals surface area contributed by atoms with E-state index in [0.717, 1.165) is 11.1 Å². The summed E-state index contributed by atoms with van der Waals surface area (Å²) in [5.74, 6) is 0. The molecular weight excluding hydrogens is 184 g/mol. The summed E-state index contributed by atoms with van der Waals surface area (Å²) in [5.41, 5.74) is 9.24. The molecule has 3 N–H and O–H groups in total. The standard InChI is InChI=1S/C11H14N2.C2H6/c1-7-5-4-6-10(8(7)2)11(13)9(3)12;1-2/h4-6,13H,3,12H2,1-2H3;1-2H3. The molecule has 0 bridgehead atoms. The molecule has 2 nitrogen and oxygen atoms in total. The Balaban J connectivity index is 0.000000921. The van der Waals surface area contributed by atoms with Crippen LogP contribution >= 0.6 is 0 Å². The second-order valence-corrected chi connectivity index (χ2v) is 3.15. The van der Waals surface area contributed by atoms with Crippen LogP contribution < -0.4 is 5.73 Å². The van der Waals surface area contributed by atoms with Crippen molar-refractivity contribution in [3.8, 4) is 0 Å². The summed E-state index contributed by atoms with van der Waals surface area (Å²) < 4.78 is 0. The fourth-order valence-corrected chi connectivity index (χ4v) is 1.19. The Morgan fingerprint density at radius 1 is 1.27 bits per heavy atom. The summed E-state index contributed by atoms with van der Waals surface area (Å²) in [7, 11) is 0. The lowest BCUT2D eigenvalue weighted by atomic mass is 9.99. The monoisotopic (exact) mass is 204 g/mol. The zero-order valence-electron chi connectivity index (χ0n) is 10.0. The van der Waals surface area contributed by atoms with Crippen LogP contribution in [0.5, 0.6) is 0 Å². The smallest absolute Gasteiger partial charge is 0.0838 e. The average molecular weight is 204 g/mol. The van der Waals surface area contributed by atoms with Crippen molar-refractivity contribution in [2.45, 2.75) is 27.7 Å². The van der Waals surface area contributed by atoms with Gasteiger partial charge in [0.15, 0.2) is 0 Å². The first-order chi connectivity index (χ1) is 7.04. The van der Waals surface area contributed by atoms with Gasteiger partial charge in [0, 0.05) is 5.56 Å². The summed E-state index contributed by atoms with van der Waals surface area (Å²) in [5, 5.41) is 7.70. The van der Waals surface area contributed by atoms with Gasteiger partial charge < -0.3 is 5.73 Å². The predicted octanol–water partition coefficient (Wildman–Crippen LogP) is 3.17. The Hall–Kier alpha value is -1.57. The Bertz CT molecular complexity index is 365. The fourth-order valence-electron chi connectivity index (χ4n) is 1.19. The van der Waals surface area contributed by atoms with Gasteiger partial charge in [0.1, 0.15) is 0 Å². The lowest BCUT2D eigenvalue weighted by Crippen LogP contribution is -2.11. The third-order valence-corrected chi connectivity index (χ3v) is 2.20. The molecule has 0 aliphatic heterocycles. The quantitative estimate of drug-likeness (QED) is 0.714. The Kier molecular flexibility index (Phi) is 5.39. The van der Waals surface area contributed by atoms with E-state index < -0.39 is 0 Å². The Morgan fingerprint density at radius 3 is 2.27 bits per heavy atom. The molecule has 0 unspecified atom stereocenters. The van der Waals surface area contributed by atoms with Crippen LogP contribution in [0.2, 0.25) is 0 Å². The topological polar surface area (TPSA) is 49.9 Å². The number of benzene rings is 1. The molecule has 0 saturated heterocycles. The van der Waals surface area contributed by atoms with E-state index in [1.165, 1.54) is 5.56 Å². The van der Waals surface area contributed by atoms with E-state index in [1.54, 1.807) is 0 Å². The van der Waals surface area contributed by atoms with Gasteiger partial charge in [-0.25, -0.2) is 0 Å². The van der Waals surface area contributed by atoms with Gasteiger partial charge in [-0.3, -0.25) is 5.41 Å². The molecule has 0 aliphatic carbocycles. The zero-order valence-corrected chi connectivity index (χ0v) is 10.0. The Morgan fingerprint density at radius 2 is 1.80 bits per heavy atom. The third kappa shape index (κ3) is 3.24. The van der Waals surface area contributed by atoms with Gasteiger partial charge in [-0.1, -0.05) is 38.6 Å². The van der Waals surface area contributed by atoms with E-state index in [1.807, 2.05) is 45.9 Å². The minimum atomic E-state index is 0.314. The number of nitrogens with two attached hydrogens (primary N) is 1. The van der Waals surface area contributed by atoms with Crippen molar-refractivity contribution in [1.29, 1.82) is 5.41 Å². The molecule has 0 spiro atoms. The molecule has 2 heteroatoms. The van der Waals surface area contributed by atoms with Crippen LogP contribution in [0.1, 0.15) is 30.5 Å².